The monoisotopic (exact) mass is 202 g/mol. The van der Waals surface area contributed by atoms with Gasteiger partial charge in [-0.05, 0) is 19.8 Å². The first-order valence-electron chi connectivity index (χ1n) is 4.74. The largest absolute Gasteiger partial charge is 0.460 e. The van der Waals surface area contributed by atoms with E-state index in [2.05, 4.69) is 4.74 Å². The fraction of sp³-hybridized carbons (Fsp3) is 0.700. The highest BCUT2D eigenvalue weighted by Crippen LogP contribution is 2.03. The maximum absolute atomic E-state index is 11.1. The molecule has 4 nitrogen and oxygen atoms in total. The summed E-state index contributed by atoms with van der Waals surface area (Å²) in [7, 11) is 0. The number of ether oxygens (including phenoxy) is 1. The van der Waals surface area contributed by atoms with E-state index in [9.17, 15) is 9.90 Å². The number of aliphatic hydroxyl groups is 2. The molecule has 82 valence electrons. The molecule has 0 heterocycles. The van der Waals surface area contributed by atoms with Crippen LogP contribution in [0.5, 0.6) is 0 Å². The molecule has 0 saturated heterocycles. The first-order valence-corrected chi connectivity index (χ1v) is 4.74. The molecule has 0 spiro atoms. The second kappa shape index (κ2) is 7.53. The van der Waals surface area contributed by atoms with Gasteiger partial charge in [-0.3, -0.25) is 0 Å². The summed E-state index contributed by atoms with van der Waals surface area (Å²) in [5.74, 6) is -0.442. The number of esters is 1. The van der Waals surface area contributed by atoms with Crippen LogP contribution in [0.2, 0.25) is 0 Å². The zero-order chi connectivity index (χ0) is 11.0. The summed E-state index contributed by atoms with van der Waals surface area (Å²) < 4.78 is 4.68. The average molecular weight is 202 g/mol. The highest BCUT2D eigenvalue weighted by molar-refractivity contribution is 5.87. The van der Waals surface area contributed by atoms with Crippen molar-refractivity contribution in [3.8, 4) is 0 Å². The predicted molar refractivity (Wildman–Crippen MR) is 52.7 cm³/mol. The molecular formula is C10H18O4. The number of hydrogen-bond donors (Lipinski definition) is 2. The Morgan fingerprint density at radius 2 is 2.21 bits per heavy atom. The van der Waals surface area contributed by atoms with Crippen LogP contribution >= 0.6 is 0 Å². The molecule has 0 rings (SSSR count). The van der Waals surface area contributed by atoms with Crippen LogP contribution in [0.4, 0.5) is 0 Å². The van der Waals surface area contributed by atoms with Crippen molar-refractivity contribution in [2.24, 2.45) is 0 Å². The molecule has 0 aromatic carbocycles. The molecule has 0 aliphatic carbocycles. The minimum absolute atomic E-state index is 0.0142. The summed E-state index contributed by atoms with van der Waals surface area (Å²) in [5, 5.41) is 17.6. The Balaban J connectivity index is 3.91. The zero-order valence-corrected chi connectivity index (χ0v) is 8.69. The van der Waals surface area contributed by atoms with E-state index in [-0.39, 0.29) is 13.2 Å². The number of rotatable bonds is 6. The van der Waals surface area contributed by atoms with Crippen molar-refractivity contribution in [1.29, 1.82) is 0 Å². The smallest absolute Gasteiger partial charge is 0.333 e. The first kappa shape index (κ1) is 13.1. The van der Waals surface area contributed by atoms with Crippen LogP contribution in [0.25, 0.3) is 0 Å². The molecular weight excluding hydrogens is 184 g/mol. The van der Waals surface area contributed by atoms with Gasteiger partial charge in [0.2, 0.25) is 0 Å². The molecule has 1 atom stereocenters. The van der Waals surface area contributed by atoms with E-state index in [4.69, 9.17) is 5.11 Å². The Labute approximate surface area is 84.2 Å². The molecule has 0 saturated carbocycles. The molecule has 0 amide bonds. The van der Waals surface area contributed by atoms with Crippen LogP contribution in [0.1, 0.15) is 26.7 Å². The second-order valence-corrected chi connectivity index (χ2v) is 3.04. The Morgan fingerprint density at radius 1 is 1.57 bits per heavy atom. The lowest BCUT2D eigenvalue weighted by atomic mass is 10.1. The molecule has 0 aliphatic heterocycles. The summed E-state index contributed by atoms with van der Waals surface area (Å²) in [6.07, 6.45) is 2.36. The minimum Gasteiger partial charge on any atom is -0.460 e. The highest BCUT2D eigenvalue weighted by Gasteiger charge is 2.05. The van der Waals surface area contributed by atoms with Crippen molar-refractivity contribution in [3.63, 3.8) is 0 Å². The minimum atomic E-state index is -0.442. The van der Waals surface area contributed by atoms with Crippen molar-refractivity contribution in [2.75, 3.05) is 13.2 Å². The SMILES string of the molecule is CCC(O)CC=C(C)C(=O)OCCO. The third-order valence-electron chi connectivity index (χ3n) is 1.81. The van der Waals surface area contributed by atoms with Gasteiger partial charge in [0.1, 0.15) is 6.61 Å². The van der Waals surface area contributed by atoms with Crippen molar-refractivity contribution in [2.45, 2.75) is 32.8 Å². The molecule has 0 aromatic rings. The van der Waals surface area contributed by atoms with Crippen LogP contribution in [0.15, 0.2) is 11.6 Å². The maximum Gasteiger partial charge on any atom is 0.333 e. The standard InChI is InChI=1S/C10H18O4/c1-3-9(12)5-4-8(2)10(13)14-7-6-11/h4,9,11-12H,3,5-7H2,1-2H3. The van der Waals surface area contributed by atoms with Gasteiger partial charge in [0.25, 0.3) is 0 Å². The van der Waals surface area contributed by atoms with Crippen molar-refractivity contribution in [3.05, 3.63) is 11.6 Å². The fourth-order valence-electron chi connectivity index (χ4n) is 0.815. The van der Waals surface area contributed by atoms with Crippen molar-refractivity contribution < 1.29 is 19.7 Å². The van der Waals surface area contributed by atoms with Crippen LogP contribution in [-0.2, 0) is 9.53 Å². The lowest BCUT2D eigenvalue weighted by molar-refractivity contribution is -0.139. The molecule has 0 radical (unpaired) electrons. The summed E-state index contributed by atoms with van der Waals surface area (Å²) >= 11 is 0. The normalized spacial score (nSPS) is 13.9. The van der Waals surface area contributed by atoms with Crippen LogP contribution in [-0.4, -0.2) is 35.5 Å². The van der Waals surface area contributed by atoms with Crippen molar-refractivity contribution >= 4 is 5.97 Å². The number of carbonyl (C=O) groups is 1. The van der Waals surface area contributed by atoms with Crippen LogP contribution in [0.3, 0.4) is 0 Å². The van der Waals surface area contributed by atoms with Gasteiger partial charge in [0.15, 0.2) is 0 Å². The van der Waals surface area contributed by atoms with E-state index in [1.165, 1.54) is 0 Å². The van der Waals surface area contributed by atoms with E-state index < -0.39 is 12.1 Å². The highest BCUT2D eigenvalue weighted by atomic mass is 16.5. The van der Waals surface area contributed by atoms with Gasteiger partial charge >= 0.3 is 5.97 Å². The quantitative estimate of drug-likeness (QED) is 0.489. The maximum atomic E-state index is 11.1. The van der Waals surface area contributed by atoms with Crippen molar-refractivity contribution in [1.82, 2.24) is 0 Å². The average Bonchev–Trinajstić information content (AvgIpc) is 2.21. The lowest BCUT2D eigenvalue weighted by Gasteiger charge is -2.05. The Morgan fingerprint density at radius 3 is 2.71 bits per heavy atom. The number of aliphatic hydroxyl groups excluding tert-OH is 2. The molecule has 4 heteroatoms. The Kier molecular flexibility index (Phi) is 7.06. The van der Waals surface area contributed by atoms with E-state index in [0.717, 1.165) is 0 Å². The van der Waals surface area contributed by atoms with Crippen LogP contribution in [0, 0.1) is 0 Å². The third kappa shape index (κ3) is 5.72. The van der Waals surface area contributed by atoms with Crippen LogP contribution < -0.4 is 0 Å². The van der Waals surface area contributed by atoms with Gasteiger partial charge in [0.05, 0.1) is 12.7 Å². The Bertz CT molecular complexity index is 198. The molecule has 1 unspecified atom stereocenters. The second-order valence-electron chi connectivity index (χ2n) is 3.04. The van der Waals surface area contributed by atoms with Gasteiger partial charge in [0, 0.05) is 5.57 Å². The molecule has 0 fully saturated rings. The van der Waals surface area contributed by atoms with Gasteiger partial charge in [-0.1, -0.05) is 13.0 Å². The fourth-order valence-corrected chi connectivity index (χ4v) is 0.815. The van der Waals surface area contributed by atoms with Gasteiger partial charge in [-0.15, -0.1) is 0 Å². The van der Waals surface area contributed by atoms with E-state index in [1.807, 2.05) is 6.92 Å². The number of carbonyl (C=O) groups excluding carboxylic acids is 1. The predicted octanol–water partition coefficient (Wildman–Crippen LogP) is 0.629. The Hall–Kier alpha value is -0.870. The summed E-state index contributed by atoms with van der Waals surface area (Å²) in [6.45, 7) is 3.34. The molecule has 2 N–H and O–H groups in total. The summed E-state index contributed by atoms with van der Waals surface area (Å²) in [6, 6.07) is 0. The zero-order valence-electron chi connectivity index (χ0n) is 8.69. The van der Waals surface area contributed by atoms with E-state index >= 15 is 0 Å². The van der Waals surface area contributed by atoms with E-state index in [1.54, 1.807) is 13.0 Å². The molecule has 0 aliphatic rings. The van der Waals surface area contributed by atoms with Gasteiger partial charge in [-0.25, -0.2) is 4.79 Å². The number of hydrogen-bond acceptors (Lipinski definition) is 4. The summed E-state index contributed by atoms with van der Waals surface area (Å²) in [5.41, 5.74) is 0.464. The first-order chi connectivity index (χ1) is 6.61. The van der Waals surface area contributed by atoms with Gasteiger partial charge in [-0.2, -0.15) is 0 Å². The molecule has 14 heavy (non-hydrogen) atoms. The lowest BCUT2D eigenvalue weighted by Crippen LogP contribution is -2.10. The van der Waals surface area contributed by atoms with Gasteiger partial charge < -0.3 is 14.9 Å². The third-order valence-corrected chi connectivity index (χ3v) is 1.81. The summed E-state index contributed by atoms with van der Waals surface area (Å²) in [4.78, 5) is 11.1. The molecule has 0 aromatic heterocycles. The molecule has 0 bridgehead atoms. The van der Waals surface area contributed by atoms with E-state index in [0.29, 0.717) is 18.4 Å². The topological polar surface area (TPSA) is 66.8 Å².